The zero-order chi connectivity index (χ0) is 19.3. The number of guanidine groups is 1. The van der Waals surface area contributed by atoms with Crippen LogP contribution in [-0.2, 0) is 16.8 Å². The van der Waals surface area contributed by atoms with Gasteiger partial charge in [0.2, 0.25) is 5.91 Å². The summed E-state index contributed by atoms with van der Waals surface area (Å²) in [6.45, 7) is 1.57. The van der Waals surface area contributed by atoms with E-state index < -0.39 is 0 Å². The Bertz CT molecular complexity index is 800. The van der Waals surface area contributed by atoms with Crippen molar-refractivity contribution in [3.63, 3.8) is 0 Å². The quantitative estimate of drug-likeness (QED) is 0.550. The van der Waals surface area contributed by atoms with Gasteiger partial charge >= 0.3 is 0 Å². The average molecular weight is 405 g/mol. The van der Waals surface area contributed by atoms with Gasteiger partial charge in [0, 0.05) is 36.0 Å². The summed E-state index contributed by atoms with van der Waals surface area (Å²) in [5.74, 6) is 0.634. The number of benzene rings is 1. The third kappa shape index (κ3) is 5.47. The lowest BCUT2D eigenvalue weighted by atomic mass is 9.96. The largest absolute Gasteiger partial charge is 0.355 e. The second kappa shape index (κ2) is 8.76. The molecule has 0 spiro atoms. The van der Waals surface area contributed by atoms with E-state index in [0.717, 1.165) is 24.4 Å². The van der Waals surface area contributed by atoms with E-state index in [1.165, 1.54) is 10.4 Å². The van der Waals surface area contributed by atoms with E-state index >= 15 is 0 Å². The monoisotopic (exact) mass is 404 g/mol. The number of likely N-dealkylation sites (N-methyl/N-ethyl adjacent to an activating group) is 1. The van der Waals surface area contributed by atoms with Crippen LogP contribution < -0.4 is 10.6 Å². The summed E-state index contributed by atoms with van der Waals surface area (Å²) < 4.78 is 0. The first-order chi connectivity index (χ1) is 13.0. The number of nitrogens with one attached hydrogen (secondary N) is 2. The molecular formula is C20H25ClN4OS. The third-order valence-electron chi connectivity index (χ3n) is 4.77. The maximum Gasteiger partial charge on any atom is 0.243 e. The lowest BCUT2D eigenvalue weighted by Crippen LogP contribution is -2.41. The van der Waals surface area contributed by atoms with Crippen LogP contribution in [0.5, 0.6) is 0 Å². The Labute approximate surface area is 169 Å². The van der Waals surface area contributed by atoms with E-state index in [1.807, 2.05) is 24.3 Å². The van der Waals surface area contributed by atoms with Gasteiger partial charge in [0.25, 0.3) is 0 Å². The summed E-state index contributed by atoms with van der Waals surface area (Å²) in [6.07, 6.45) is 2.24. The molecule has 2 N–H and O–H groups in total. The van der Waals surface area contributed by atoms with Gasteiger partial charge in [-0.05, 0) is 42.0 Å². The first-order valence-corrected chi connectivity index (χ1v) is 10.3. The van der Waals surface area contributed by atoms with Gasteiger partial charge in [-0.25, -0.2) is 4.99 Å². The number of hydrogen-bond donors (Lipinski definition) is 2. The molecule has 1 aromatic carbocycles. The Hall–Kier alpha value is -2.05. The zero-order valence-electron chi connectivity index (χ0n) is 15.7. The Morgan fingerprint density at radius 3 is 2.70 bits per heavy atom. The highest BCUT2D eigenvalue weighted by Gasteiger charge is 2.44. The van der Waals surface area contributed by atoms with Gasteiger partial charge in [-0.3, -0.25) is 4.79 Å². The smallest absolute Gasteiger partial charge is 0.243 e. The molecular weight excluding hydrogens is 380 g/mol. The van der Waals surface area contributed by atoms with Gasteiger partial charge < -0.3 is 15.5 Å². The first kappa shape index (κ1) is 19.7. The second-order valence-corrected chi connectivity index (χ2v) is 8.50. The van der Waals surface area contributed by atoms with Crippen LogP contribution in [0, 0.1) is 0 Å². The van der Waals surface area contributed by atoms with Crippen molar-refractivity contribution in [3.05, 3.63) is 57.2 Å². The minimum atomic E-state index is -0.0248. The molecule has 1 saturated carbocycles. The molecule has 27 heavy (non-hydrogen) atoms. The van der Waals surface area contributed by atoms with Gasteiger partial charge in [0.15, 0.2) is 5.96 Å². The fourth-order valence-corrected chi connectivity index (χ4v) is 3.67. The van der Waals surface area contributed by atoms with E-state index in [-0.39, 0.29) is 17.9 Å². The Morgan fingerprint density at radius 2 is 2.07 bits per heavy atom. The molecule has 3 rings (SSSR count). The maximum absolute atomic E-state index is 11.9. The minimum Gasteiger partial charge on any atom is -0.355 e. The predicted molar refractivity (Wildman–Crippen MR) is 113 cm³/mol. The van der Waals surface area contributed by atoms with Crippen LogP contribution in [0.1, 0.15) is 23.3 Å². The van der Waals surface area contributed by atoms with Crippen molar-refractivity contribution in [1.82, 2.24) is 15.5 Å². The number of aliphatic imine (C=N–C) groups is 1. The number of thiophene rings is 1. The summed E-state index contributed by atoms with van der Waals surface area (Å²) in [7, 11) is 3.48. The molecule has 1 amide bonds. The molecule has 0 aliphatic heterocycles. The molecule has 1 fully saturated rings. The molecule has 0 bridgehead atoms. The van der Waals surface area contributed by atoms with Crippen LogP contribution in [0.2, 0.25) is 5.02 Å². The lowest BCUT2D eigenvalue weighted by molar-refractivity contribution is -0.127. The molecule has 0 radical (unpaired) electrons. The predicted octanol–water partition coefficient (Wildman–Crippen LogP) is 3.26. The maximum atomic E-state index is 11.9. The molecule has 1 aliphatic rings. The standard InChI is InChI=1S/C20H25ClN4OS/c1-25(2)18(26)13-23-19(22-12-17-7-4-10-27-17)24-14-20(8-9-20)15-5-3-6-16(21)11-15/h3-7,10-11H,8-9,12-14H2,1-2H3,(H2,22,23,24). The van der Waals surface area contributed by atoms with Crippen molar-refractivity contribution < 1.29 is 4.79 Å². The van der Waals surface area contributed by atoms with Crippen molar-refractivity contribution in [2.24, 2.45) is 4.99 Å². The highest BCUT2D eigenvalue weighted by Crippen LogP contribution is 2.48. The molecule has 144 valence electrons. The van der Waals surface area contributed by atoms with Crippen LogP contribution >= 0.6 is 22.9 Å². The number of halogens is 1. The molecule has 1 aliphatic carbocycles. The molecule has 2 aromatic rings. The minimum absolute atomic E-state index is 0.0248. The summed E-state index contributed by atoms with van der Waals surface area (Å²) in [5.41, 5.74) is 1.35. The molecule has 5 nitrogen and oxygen atoms in total. The van der Waals surface area contributed by atoms with Gasteiger partial charge in [0.1, 0.15) is 6.54 Å². The number of carbonyl (C=O) groups excluding carboxylic acids is 1. The average Bonchev–Trinajstić information content (AvgIpc) is 3.26. The Kier molecular flexibility index (Phi) is 6.39. The van der Waals surface area contributed by atoms with Gasteiger partial charge in [0.05, 0.1) is 6.54 Å². The Balaban J connectivity index is 1.65. The number of rotatable bonds is 7. The van der Waals surface area contributed by atoms with Gasteiger partial charge in [-0.2, -0.15) is 0 Å². The molecule has 0 unspecified atom stereocenters. The van der Waals surface area contributed by atoms with Crippen molar-refractivity contribution in [3.8, 4) is 0 Å². The fourth-order valence-electron chi connectivity index (χ4n) is 2.84. The molecule has 0 saturated heterocycles. The number of hydrogen-bond acceptors (Lipinski definition) is 3. The molecule has 7 heteroatoms. The van der Waals surface area contributed by atoms with E-state index in [0.29, 0.717) is 12.5 Å². The lowest BCUT2D eigenvalue weighted by Gasteiger charge is -2.19. The van der Waals surface area contributed by atoms with Crippen LogP contribution in [0.25, 0.3) is 0 Å². The third-order valence-corrected chi connectivity index (χ3v) is 5.88. The van der Waals surface area contributed by atoms with E-state index in [2.05, 4.69) is 33.1 Å². The van der Waals surface area contributed by atoms with Gasteiger partial charge in [-0.1, -0.05) is 29.8 Å². The fraction of sp³-hybridized carbons (Fsp3) is 0.400. The van der Waals surface area contributed by atoms with Crippen molar-refractivity contribution in [1.29, 1.82) is 0 Å². The van der Waals surface area contributed by atoms with E-state index in [9.17, 15) is 4.79 Å². The SMILES string of the molecule is CN(C)C(=O)CN=C(NCc1cccs1)NCC1(c2cccc(Cl)c2)CC1. The topological polar surface area (TPSA) is 56.7 Å². The van der Waals surface area contributed by atoms with Crippen LogP contribution in [-0.4, -0.2) is 44.0 Å². The number of carbonyl (C=O) groups is 1. The first-order valence-electron chi connectivity index (χ1n) is 8.99. The second-order valence-electron chi connectivity index (χ2n) is 7.03. The highest BCUT2D eigenvalue weighted by atomic mass is 35.5. The summed E-state index contributed by atoms with van der Waals surface area (Å²) in [4.78, 5) is 19.1. The molecule has 0 atom stereocenters. The molecule has 1 heterocycles. The number of amides is 1. The van der Waals surface area contributed by atoms with Crippen molar-refractivity contribution in [2.75, 3.05) is 27.2 Å². The summed E-state index contributed by atoms with van der Waals surface area (Å²) in [6, 6.07) is 12.2. The summed E-state index contributed by atoms with van der Waals surface area (Å²) >= 11 is 7.86. The van der Waals surface area contributed by atoms with E-state index in [4.69, 9.17) is 11.6 Å². The van der Waals surface area contributed by atoms with Crippen molar-refractivity contribution in [2.45, 2.75) is 24.8 Å². The number of nitrogens with zero attached hydrogens (tertiary/aromatic N) is 2. The normalized spacial score (nSPS) is 15.3. The summed E-state index contributed by atoms with van der Waals surface area (Å²) in [5, 5.41) is 9.57. The zero-order valence-corrected chi connectivity index (χ0v) is 17.2. The highest BCUT2D eigenvalue weighted by molar-refractivity contribution is 7.09. The molecule has 1 aromatic heterocycles. The van der Waals surface area contributed by atoms with Crippen molar-refractivity contribution >= 4 is 34.8 Å². The Morgan fingerprint density at radius 1 is 1.26 bits per heavy atom. The van der Waals surface area contributed by atoms with Crippen LogP contribution in [0.15, 0.2) is 46.8 Å². The van der Waals surface area contributed by atoms with E-state index in [1.54, 1.807) is 30.3 Å². The van der Waals surface area contributed by atoms with Crippen LogP contribution in [0.4, 0.5) is 0 Å². The van der Waals surface area contributed by atoms with Crippen LogP contribution in [0.3, 0.4) is 0 Å². The van der Waals surface area contributed by atoms with Gasteiger partial charge in [-0.15, -0.1) is 11.3 Å².